The molecule has 2 rings (SSSR count). The van der Waals surface area contributed by atoms with Crippen molar-refractivity contribution in [2.75, 3.05) is 11.6 Å². The van der Waals surface area contributed by atoms with Gasteiger partial charge in [-0.1, -0.05) is 37.3 Å². The van der Waals surface area contributed by atoms with Crippen molar-refractivity contribution in [3.63, 3.8) is 0 Å². The number of amides is 1. The van der Waals surface area contributed by atoms with Crippen molar-refractivity contribution in [2.24, 2.45) is 0 Å². The highest BCUT2D eigenvalue weighted by atomic mass is 32.2. The maximum Gasteiger partial charge on any atom is 0.413 e. The minimum absolute atomic E-state index is 0.178. The molecule has 0 spiro atoms. The summed E-state index contributed by atoms with van der Waals surface area (Å²) in [6.45, 7) is 3.94. The van der Waals surface area contributed by atoms with Crippen LogP contribution in [0, 0.1) is 6.92 Å². The molecule has 0 saturated heterocycles. The zero-order valence-electron chi connectivity index (χ0n) is 13.3. The molecule has 0 aliphatic rings. The van der Waals surface area contributed by atoms with E-state index in [1.54, 1.807) is 6.26 Å². The SMILES string of the molecule is CCc1c(NC(=O)OCc2ccccc2)nnc(S(C)=O)c1C. The van der Waals surface area contributed by atoms with Crippen molar-refractivity contribution in [2.45, 2.75) is 31.9 Å². The van der Waals surface area contributed by atoms with E-state index >= 15 is 0 Å². The monoisotopic (exact) mass is 333 g/mol. The summed E-state index contributed by atoms with van der Waals surface area (Å²) in [6, 6.07) is 9.41. The third-order valence-electron chi connectivity index (χ3n) is 3.36. The Kier molecular flexibility index (Phi) is 5.81. The predicted octanol–water partition coefficient (Wildman–Crippen LogP) is 2.83. The molecule has 1 N–H and O–H groups in total. The zero-order valence-corrected chi connectivity index (χ0v) is 14.1. The molecule has 1 atom stereocenters. The number of nitrogens with one attached hydrogen (secondary N) is 1. The van der Waals surface area contributed by atoms with Crippen molar-refractivity contribution < 1.29 is 13.7 Å². The van der Waals surface area contributed by atoms with Gasteiger partial charge in [-0.2, -0.15) is 0 Å². The summed E-state index contributed by atoms with van der Waals surface area (Å²) in [7, 11) is -1.22. The maximum atomic E-state index is 11.9. The smallest absolute Gasteiger partial charge is 0.413 e. The number of anilines is 1. The van der Waals surface area contributed by atoms with Crippen LogP contribution in [0.15, 0.2) is 35.4 Å². The molecular weight excluding hydrogens is 314 g/mol. The standard InChI is InChI=1S/C16H19N3O3S/c1-4-13-11(2)15(23(3)21)19-18-14(13)17-16(20)22-10-12-8-6-5-7-9-12/h5-9H,4,10H2,1-3H3,(H,17,18,20). The van der Waals surface area contributed by atoms with Crippen LogP contribution in [-0.2, 0) is 28.6 Å². The molecule has 1 aromatic heterocycles. The lowest BCUT2D eigenvalue weighted by Gasteiger charge is -2.12. The van der Waals surface area contributed by atoms with Gasteiger partial charge in [-0.15, -0.1) is 10.2 Å². The van der Waals surface area contributed by atoms with Crippen molar-refractivity contribution in [3.8, 4) is 0 Å². The minimum atomic E-state index is -1.22. The molecule has 0 fully saturated rings. The van der Waals surface area contributed by atoms with Crippen LogP contribution in [0.1, 0.15) is 23.6 Å². The van der Waals surface area contributed by atoms with E-state index in [-0.39, 0.29) is 6.61 Å². The summed E-state index contributed by atoms with van der Waals surface area (Å²) in [5.74, 6) is 0.345. The number of carbonyl (C=O) groups is 1. The Morgan fingerprint density at radius 3 is 2.57 bits per heavy atom. The van der Waals surface area contributed by atoms with E-state index in [0.29, 0.717) is 17.3 Å². The Balaban J connectivity index is 2.08. The van der Waals surface area contributed by atoms with Gasteiger partial charge in [0.05, 0.1) is 10.8 Å². The molecule has 7 heteroatoms. The van der Waals surface area contributed by atoms with E-state index in [9.17, 15) is 9.00 Å². The van der Waals surface area contributed by atoms with E-state index in [1.807, 2.05) is 44.2 Å². The Labute approximate surface area is 137 Å². The van der Waals surface area contributed by atoms with Gasteiger partial charge in [-0.25, -0.2) is 4.79 Å². The van der Waals surface area contributed by atoms with Crippen LogP contribution in [0.4, 0.5) is 10.6 Å². The van der Waals surface area contributed by atoms with Gasteiger partial charge in [0.2, 0.25) is 0 Å². The van der Waals surface area contributed by atoms with E-state index in [0.717, 1.165) is 16.7 Å². The second-order valence-electron chi connectivity index (χ2n) is 4.95. The largest absolute Gasteiger partial charge is 0.444 e. The average Bonchev–Trinajstić information content (AvgIpc) is 2.54. The second-order valence-corrected chi connectivity index (χ2v) is 6.25. The molecule has 1 aromatic carbocycles. The van der Waals surface area contributed by atoms with Crippen LogP contribution in [0.2, 0.25) is 0 Å². The highest BCUT2D eigenvalue weighted by Gasteiger charge is 2.16. The normalized spacial score (nSPS) is 11.8. The lowest BCUT2D eigenvalue weighted by molar-refractivity contribution is 0.155. The fourth-order valence-corrected chi connectivity index (χ4v) is 2.91. The predicted molar refractivity (Wildman–Crippen MR) is 88.7 cm³/mol. The van der Waals surface area contributed by atoms with Crippen LogP contribution in [0.5, 0.6) is 0 Å². The first-order valence-corrected chi connectivity index (χ1v) is 8.76. The summed E-state index contributed by atoms with van der Waals surface area (Å²) >= 11 is 0. The number of aromatic nitrogens is 2. The van der Waals surface area contributed by atoms with Gasteiger partial charge >= 0.3 is 6.09 Å². The Hall–Kier alpha value is -2.28. The van der Waals surface area contributed by atoms with Gasteiger partial charge in [-0.05, 0) is 24.5 Å². The number of benzene rings is 1. The van der Waals surface area contributed by atoms with Crippen molar-refractivity contribution >= 4 is 22.7 Å². The molecule has 23 heavy (non-hydrogen) atoms. The van der Waals surface area contributed by atoms with Gasteiger partial charge in [0.25, 0.3) is 0 Å². The number of ether oxygens (including phenoxy) is 1. The van der Waals surface area contributed by atoms with Crippen LogP contribution in [-0.4, -0.2) is 26.8 Å². The van der Waals surface area contributed by atoms with Crippen LogP contribution >= 0.6 is 0 Å². The first kappa shape index (κ1) is 17.1. The topological polar surface area (TPSA) is 81.2 Å². The highest BCUT2D eigenvalue weighted by Crippen LogP contribution is 2.21. The number of hydrogen-bond acceptors (Lipinski definition) is 5. The molecule has 1 unspecified atom stereocenters. The van der Waals surface area contributed by atoms with E-state index in [1.165, 1.54) is 0 Å². The quantitative estimate of drug-likeness (QED) is 0.910. The van der Waals surface area contributed by atoms with Crippen molar-refractivity contribution in [1.82, 2.24) is 10.2 Å². The number of rotatable bonds is 5. The third kappa shape index (κ3) is 4.35. The van der Waals surface area contributed by atoms with E-state index in [2.05, 4.69) is 15.5 Å². The fourth-order valence-electron chi connectivity index (χ4n) is 2.20. The molecule has 0 aliphatic carbocycles. The lowest BCUT2D eigenvalue weighted by atomic mass is 10.1. The zero-order chi connectivity index (χ0) is 16.8. The first-order valence-electron chi connectivity index (χ1n) is 7.20. The van der Waals surface area contributed by atoms with Crippen LogP contribution in [0.3, 0.4) is 0 Å². The molecule has 0 saturated carbocycles. The molecule has 1 amide bonds. The Bertz CT molecular complexity index is 720. The van der Waals surface area contributed by atoms with Crippen LogP contribution < -0.4 is 5.32 Å². The van der Waals surface area contributed by atoms with Gasteiger partial charge in [-0.3, -0.25) is 9.53 Å². The van der Waals surface area contributed by atoms with Gasteiger partial charge in [0.15, 0.2) is 10.8 Å². The fraction of sp³-hybridized carbons (Fsp3) is 0.312. The molecule has 6 nitrogen and oxygen atoms in total. The summed E-state index contributed by atoms with van der Waals surface area (Å²) in [4.78, 5) is 11.9. The molecule has 122 valence electrons. The number of hydrogen-bond donors (Lipinski definition) is 1. The van der Waals surface area contributed by atoms with Crippen molar-refractivity contribution in [3.05, 3.63) is 47.0 Å². The lowest BCUT2D eigenvalue weighted by Crippen LogP contribution is -2.18. The molecular formula is C16H19N3O3S. The van der Waals surface area contributed by atoms with E-state index in [4.69, 9.17) is 4.74 Å². The van der Waals surface area contributed by atoms with Gasteiger partial charge in [0.1, 0.15) is 6.61 Å². The maximum absolute atomic E-state index is 11.9. The molecule has 1 heterocycles. The number of nitrogens with zero attached hydrogens (tertiary/aromatic N) is 2. The highest BCUT2D eigenvalue weighted by molar-refractivity contribution is 7.84. The third-order valence-corrected chi connectivity index (χ3v) is 4.29. The van der Waals surface area contributed by atoms with Crippen molar-refractivity contribution in [1.29, 1.82) is 0 Å². The molecule has 0 aliphatic heterocycles. The molecule has 0 radical (unpaired) electrons. The Morgan fingerprint density at radius 1 is 1.26 bits per heavy atom. The van der Waals surface area contributed by atoms with Gasteiger partial charge in [0, 0.05) is 11.8 Å². The molecule has 0 bridgehead atoms. The first-order chi connectivity index (χ1) is 11.0. The summed E-state index contributed by atoms with van der Waals surface area (Å²) in [6.07, 6.45) is 1.60. The second kappa shape index (κ2) is 7.82. The summed E-state index contributed by atoms with van der Waals surface area (Å²) in [5, 5.41) is 10.9. The molecule has 2 aromatic rings. The summed E-state index contributed by atoms with van der Waals surface area (Å²) in [5.41, 5.74) is 2.49. The van der Waals surface area contributed by atoms with Gasteiger partial charge < -0.3 is 4.74 Å². The minimum Gasteiger partial charge on any atom is -0.444 e. The average molecular weight is 333 g/mol. The van der Waals surface area contributed by atoms with E-state index < -0.39 is 16.9 Å². The summed E-state index contributed by atoms with van der Waals surface area (Å²) < 4.78 is 16.8. The Morgan fingerprint density at radius 2 is 1.96 bits per heavy atom. The van der Waals surface area contributed by atoms with Crippen LogP contribution in [0.25, 0.3) is 0 Å². The number of carbonyl (C=O) groups excluding carboxylic acids is 1.